The fourth-order valence-corrected chi connectivity index (χ4v) is 1.64. The van der Waals surface area contributed by atoms with E-state index in [9.17, 15) is 4.79 Å². The molecule has 17 heavy (non-hydrogen) atoms. The number of aryl methyl sites for hydroxylation is 1. The second-order valence-electron chi connectivity index (χ2n) is 4.00. The van der Waals surface area contributed by atoms with Crippen molar-refractivity contribution in [1.82, 2.24) is 15.1 Å². The lowest BCUT2D eigenvalue weighted by Gasteiger charge is -2.18. The molecule has 1 amide bonds. The van der Waals surface area contributed by atoms with Gasteiger partial charge in [-0.3, -0.25) is 9.48 Å². The van der Waals surface area contributed by atoms with Crippen molar-refractivity contribution in [3.05, 3.63) is 17.5 Å². The predicted molar refractivity (Wildman–Crippen MR) is 64.4 cm³/mol. The minimum atomic E-state index is -0.602. The Kier molecular flexibility index (Phi) is 4.65. The van der Waals surface area contributed by atoms with E-state index in [4.69, 9.17) is 10.5 Å². The zero-order valence-electron chi connectivity index (χ0n) is 10.7. The van der Waals surface area contributed by atoms with Gasteiger partial charge in [-0.2, -0.15) is 5.10 Å². The standard InChI is InChI=1S/C11H20N4O2/c1-7(9-6-13-15(3)8(9)2)14-11(16)10(5-12)17-4/h6-7,10H,5,12H2,1-4H3,(H,14,16). The second-order valence-corrected chi connectivity index (χ2v) is 4.00. The molecule has 0 bridgehead atoms. The first kappa shape index (κ1) is 13.7. The number of aromatic nitrogens is 2. The molecule has 0 fully saturated rings. The maximum absolute atomic E-state index is 11.8. The number of nitrogens with two attached hydrogens (primary N) is 1. The summed E-state index contributed by atoms with van der Waals surface area (Å²) in [5.74, 6) is -0.203. The first-order valence-electron chi connectivity index (χ1n) is 5.53. The highest BCUT2D eigenvalue weighted by atomic mass is 16.5. The molecule has 0 radical (unpaired) electrons. The summed E-state index contributed by atoms with van der Waals surface area (Å²) in [4.78, 5) is 11.8. The molecular weight excluding hydrogens is 220 g/mol. The van der Waals surface area contributed by atoms with Gasteiger partial charge in [-0.15, -0.1) is 0 Å². The summed E-state index contributed by atoms with van der Waals surface area (Å²) in [6.07, 6.45) is 1.15. The first-order chi connectivity index (χ1) is 8.01. The number of carbonyl (C=O) groups excluding carboxylic acids is 1. The lowest BCUT2D eigenvalue weighted by molar-refractivity contribution is -0.131. The smallest absolute Gasteiger partial charge is 0.250 e. The number of nitrogens with one attached hydrogen (secondary N) is 1. The van der Waals surface area contributed by atoms with Gasteiger partial charge in [0.2, 0.25) is 0 Å². The molecular formula is C11H20N4O2. The van der Waals surface area contributed by atoms with Gasteiger partial charge in [0.1, 0.15) is 6.10 Å². The summed E-state index contributed by atoms with van der Waals surface area (Å²) in [5, 5.41) is 6.99. The van der Waals surface area contributed by atoms with Crippen molar-refractivity contribution in [2.45, 2.75) is 26.0 Å². The first-order valence-corrected chi connectivity index (χ1v) is 5.53. The number of methoxy groups -OCH3 is 1. The van der Waals surface area contributed by atoms with E-state index in [1.54, 1.807) is 10.9 Å². The Morgan fingerprint density at radius 1 is 1.71 bits per heavy atom. The van der Waals surface area contributed by atoms with Crippen LogP contribution in [0.25, 0.3) is 0 Å². The number of carbonyl (C=O) groups is 1. The van der Waals surface area contributed by atoms with Crippen molar-refractivity contribution < 1.29 is 9.53 Å². The van der Waals surface area contributed by atoms with Gasteiger partial charge >= 0.3 is 0 Å². The molecule has 6 heteroatoms. The van der Waals surface area contributed by atoms with Crippen LogP contribution in [0.4, 0.5) is 0 Å². The number of hydrogen-bond donors (Lipinski definition) is 2. The van der Waals surface area contributed by atoms with Gasteiger partial charge in [-0.1, -0.05) is 0 Å². The Morgan fingerprint density at radius 3 is 2.76 bits per heavy atom. The summed E-state index contributed by atoms with van der Waals surface area (Å²) >= 11 is 0. The molecule has 1 aromatic heterocycles. The molecule has 2 atom stereocenters. The van der Waals surface area contributed by atoms with Gasteiger partial charge < -0.3 is 15.8 Å². The summed E-state index contributed by atoms with van der Waals surface area (Å²) in [7, 11) is 3.34. The van der Waals surface area contributed by atoms with Gasteiger partial charge in [0, 0.05) is 32.0 Å². The fraction of sp³-hybridized carbons (Fsp3) is 0.636. The summed E-state index contributed by atoms with van der Waals surface area (Å²) < 4.78 is 6.75. The van der Waals surface area contributed by atoms with Gasteiger partial charge in [-0.05, 0) is 13.8 Å². The van der Waals surface area contributed by atoms with E-state index < -0.39 is 6.10 Å². The Labute approximate surface area is 101 Å². The molecule has 0 aliphatic rings. The van der Waals surface area contributed by atoms with Crippen LogP contribution in [0.5, 0.6) is 0 Å². The van der Waals surface area contributed by atoms with E-state index in [0.717, 1.165) is 11.3 Å². The van der Waals surface area contributed by atoms with E-state index in [1.165, 1.54) is 7.11 Å². The van der Waals surface area contributed by atoms with Gasteiger partial charge in [-0.25, -0.2) is 0 Å². The minimum absolute atomic E-state index is 0.111. The van der Waals surface area contributed by atoms with E-state index in [2.05, 4.69) is 10.4 Å². The Morgan fingerprint density at radius 2 is 2.35 bits per heavy atom. The van der Waals surface area contributed by atoms with Crippen LogP contribution in [-0.4, -0.2) is 35.4 Å². The second kappa shape index (κ2) is 5.79. The Bertz CT molecular complexity index is 385. The number of ether oxygens (including phenoxy) is 1. The summed E-state index contributed by atoms with van der Waals surface area (Å²) in [5.41, 5.74) is 7.45. The normalized spacial score (nSPS) is 14.4. The van der Waals surface area contributed by atoms with Crippen molar-refractivity contribution >= 4 is 5.91 Å². The van der Waals surface area contributed by atoms with Crippen LogP contribution in [0.3, 0.4) is 0 Å². The van der Waals surface area contributed by atoms with E-state index in [-0.39, 0.29) is 18.5 Å². The topological polar surface area (TPSA) is 82.2 Å². The summed E-state index contributed by atoms with van der Waals surface area (Å²) in [6, 6.07) is -0.111. The molecule has 1 heterocycles. The molecule has 0 aliphatic heterocycles. The quantitative estimate of drug-likeness (QED) is 0.751. The molecule has 0 aliphatic carbocycles. The van der Waals surface area contributed by atoms with Gasteiger partial charge in [0.15, 0.2) is 0 Å². The molecule has 0 aromatic carbocycles. The monoisotopic (exact) mass is 240 g/mol. The molecule has 2 unspecified atom stereocenters. The van der Waals surface area contributed by atoms with Crippen LogP contribution < -0.4 is 11.1 Å². The molecule has 1 rings (SSSR count). The molecule has 3 N–H and O–H groups in total. The molecule has 96 valence electrons. The molecule has 1 aromatic rings. The van der Waals surface area contributed by atoms with Crippen LogP contribution in [0.15, 0.2) is 6.20 Å². The third-order valence-corrected chi connectivity index (χ3v) is 2.89. The summed E-state index contributed by atoms with van der Waals surface area (Å²) in [6.45, 7) is 4.04. The van der Waals surface area contributed by atoms with Gasteiger partial charge in [0.25, 0.3) is 5.91 Å². The van der Waals surface area contributed by atoms with E-state index in [0.29, 0.717) is 0 Å². The van der Waals surface area contributed by atoms with Crippen LogP contribution in [0, 0.1) is 6.92 Å². The number of nitrogens with zero attached hydrogens (tertiary/aromatic N) is 2. The third-order valence-electron chi connectivity index (χ3n) is 2.89. The average Bonchev–Trinajstić information content (AvgIpc) is 2.61. The highest BCUT2D eigenvalue weighted by Crippen LogP contribution is 2.15. The Balaban J connectivity index is 2.69. The average molecular weight is 240 g/mol. The highest BCUT2D eigenvalue weighted by Gasteiger charge is 2.20. The predicted octanol–water partition coefficient (Wildman–Crippen LogP) is -0.121. The highest BCUT2D eigenvalue weighted by molar-refractivity contribution is 5.81. The van der Waals surface area contributed by atoms with Crippen molar-refractivity contribution in [1.29, 1.82) is 0 Å². The third kappa shape index (κ3) is 3.04. The number of hydrogen-bond acceptors (Lipinski definition) is 4. The van der Waals surface area contributed by atoms with Gasteiger partial charge in [0.05, 0.1) is 12.2 Å². The molecule has 0 saturated heterocycles. The maximum atomic E-state index is 11.8. The molecule has 0 spiro atoms. The zero-order chi connectivity index (χ0) is 13.0. The SMILES string of the molecule is COC(CN)C(=O)NC(C)c1cnn(C)c1C. The van der Waals surface area contributed by atoms with Crippen LogP contribution >= 0.6 is 0 Å². The largest absolute Gasteiger partial charge is 0.370 e. The van der Waals surface area contributed by atoms with E-state index in [1.807, 2.05) is 20.9 Å². The zero-order valence-corrected chi connectivity index (χ0v) is 10.7. The maximum Gasteiger partial charge on any atom is 0.250 e. The molecule has 0 saturated carbocycles. The number of rotatable bonds is 5. The van der Waals surface area contributed by atoms with Crippen molar-refractivity contribution in [3.8, 4) is 0 Å². The minimum Gasteiger partial charge on any atom is -0.370 e. The molecule has 6 nitrogen and oxygen atoms in total. The van der Waals surface area contributed by atoms with Crippen LogP contribution in [0.1, 0.15) is 24.2 Å². The van der Waals surface area contributed by atoms with Crippen LogP contribution in [-0.2, 0) is 16.6 Å². The lowest BCUT2D eigenvalue weighted by atomic mass is 10.1. The van der Waals surface area contributed by atoms with E-state index >= 15 is 0 Å². The lowest BCUT2D eigenvalue weighted by Crippen LogP contribution is -2.41. The number of amides is 1. The van der Waals surface area contributed by atoms with Crippen molar-refractivity contribution in [2.24, 2.45) is 12.8 Å². The Hall–Kier alpha value is -1.40. The van der Waals surface area contributed by atoms with Crippen molar-refractivity contribution in [2.75, 3.05) is 13.7 Å². The fourth-order valence-electron chi connectivity index (χ4n) is 1.64. The van der Waals surface area contributed by atoms with Crippen LogP contribution in [0.2, 0.25) is 0 Å². The van der Waals surface area contributed by atoms with Crippen molar-refractivity contribution in [3.63, 3.8) is 0 Å².